The minimum absolute atomic E-state index is 0.0229. The van der Waals surface area contributed by atoms with Gasteiger partial charge in [-0.15, -0.1) is 0 Å². The third kappa shape index (κ3) is 7.41. The first-order valence-corrected chi connectivity index (χ1v) is 17.7. The number of nitrogens with zero attached hydrogens (tertiary/aromatic N) is 5. The fraction of sp³-hybridized carbons (Fsp3) is 0.412. The lowest BCUT2D eigenvalue weighted by Crippen LogP contribution is -2.39. The van der Waals surface area contributed by atoms with Crippen molar-refractivity contribution < 1.29 is 27.9 Å². The highest BCUT2D eigenvalue weighted by atomic mass is 32.2. The molecule has 12 nitrogen and oxygen atoms in total. The largest absolute Gasteiger partial charge is 0.465 e. The fourth-order valence-electron chi connectivity index (χ4n) is 6.30. The number of amides is 2. The Labute approximate surface area is 274 Å². The molecule has 2 aliphatic rings. The van der Waals surface area contributed by atoms with Crippen LogP contribution in [0.4, 0.5) is 10.5 Å². The summed E-state index contributed by atoms with van der Waals surface area (Å²) < 4.78 is 35.6. The zero-order chi connectivity index (χ0) is 33.0. The van der Waals surface area contributed by atoms with Gasteiger partial charge in [-0.1, -0.05) is 55.0 Å². The second kappa shape index (κ2) is 14.1. The number of para-hydroxylation sites is 1. The van der Waals surface area contributed by atoms with E-state index < -0.39 is 27.8 Å². The molecule has 2 N–H and O–H groups in total. The van der Waals surface area contributed by atoms with E-state index in [2.05, 4.69) is 9.62 Å². The van der Waals surface area contributed by atoms with Crippen molar-refractivity contribution in [1.82, 2.24) is 24.4 Å². The number of sulfonamides is 1. The summed E-state index contributed by atoms with van der Waals surface area (Å²) in [4.78, 5) is 33.5. The summed E-state index contributed by atoms with van der Waals surface area (Å²) in [6.07, 6.45) is 3.75. The number of fused-ring (bicyclic) bond motifs is 1. The number of piperidine rings is 1. The van der Waals surface area contributed by atoms with Crippen LogP contribution >= 0.6 is 0 Å². The lowest BCUT2D eigenvalue weighted by atomic mass is 9.82. The third-order valence-corrected chi connectivity index (χ3v) is 10.3. The second-order valence-corrected chi connectivity index (χ2v) is 14.2. The van der Waals surface area contributed by atoms with Crippen molar-refractivity contribution in [2.24, 2.45) is 5.92 Å². The number of nitrogens with one attached hydrogen (secondary N) is 1. The van der Waals surface area contributed by atoms with Crippen molar-refractivity contribution in [3.63, 3.8) is 0 Å². The number of pyridine rings is 1. The first-order valence-electron chi connectivity index (χ1n) is 16.0. The van der Waals surface area contributed by atoms with E-state index in [0.29, 0.717) is 18.2 Å². The molecule has 2 aromatic carbocycles. The van der Waals surface area contributed by atoms with E-state index in [1.807, 2.05) is 36.4 Å². The number of carbonyl (C=O) groups excluding carboxylic acids is 1. The molecule has 1 saturated heterocycles. The van der Waals surface area contributed by atoms with Gasteiger partial charge < -0.3 is 19.6 Å². The average molecular weight is 661 g/mol. The van der Waals surface area contributed by atoms with E-state index >= 15 is 0 Å². The molecule has 1 aliphatic carbocycles. The number of ether oxygens (including phenoxy) is 1. The van der Waals surface area contributed by atoms with Gasteiger partial charge in [0, 0.05) is 45.8 Å². The maximum atomic E-state index is 13.7. The maximum absolute atomic E-state index is 13.7. The van der Waals surface area contributed by atoms with Crippen LogP contribution in [-0.2, 0) is 21.3 Å². The molecular weight excluding hydrogens is 620 g/mol. The normalized spacial score (nSPS) is 15.8. The molecule has 47 heavy (non-hydrogen) atoms. The van der Waals surface area contributed by atoms with Crippen LogP contribution in [0.25, 0.3) is 16.7 Å². The highest BCUT2D eigenvalue weighted by Crippen LogP contribution is 2.43. The van der Waals surface area contributed by atoms with Gasteiger partial charge in [0.2, 0.25) is 10.0 Å². The van der Waals surface area contributed by atoms with Crippen LogP contribution in [0.3, 0.4) is 0 Å². The molecule has 6 rings (SSSR count). The number of hydrogen-bond donors (Lipinski definition) is 2. The fourth-order valence-corrected chi connectivity index (χ4v) is 7.25. The first-order chi connectivity index (χ1) is 22.7. The van der Waals surface area contributed by atoms with E-state index in [-0.39, 0.29) is 24.7 Å². The third-order valence-electron chi connectivity index (χ3n) is 9.09. The van der Waals surface area contributed by atoms with Crippen LogP contribution in [0.15, 0.2) is 66.7 Å². The number of methoxy groups -OCH3 is 1. The number of carboxylic acid groups (broad SMARTS) is 1. The van der Waals surface area contributed by atoms with Crippen molar-refractivity contribution >= 4 is 38.7 Å². The molecule has 248 valence electrons. The van der Waals surface area contributed by atoms with Crippen molar-refractivity contribution in [2.75, 3.05) is 44.0 Å². The Morgan fingerprint density at radius 2 is 1.70 bits per heavy atom. The van der Waals surface area contributed by atoms with Crippen LogP contribution in [0.1, 0.15) is 59.8 Å². The summed E-state index contributed by atoms with van der Waals surface area (Å²) in [5, 5.41) is 15.6. The number of hydrogen-bond acceptors (Lipinski definition) is 8. The molecule has 0 bridgehead atoms. The molecular formula is C34H40N6O6S. The van der Waals surface area contributed by atoms with Gasteiger partial charge in [0.1, 0.15) is 5.69 Å². The van der Waals surface area contributed by atoms with Gasteiger partial charge >= 0.3 is 6.09 Å². The lowest BCUT2D eigenvalue weighted by molar-refractivity contribution is 0.0977. The highest BCUT2D eigenvalue weighted by Gasteiger charge is 2.32. The standard InChI is InChI=1S/C34H40N6O6S/c1-46-23-25-15-17-38(18-16-25)29-21-28(33(41)37-47(44,45)20-19-39(34(42)43)22-24-9-4-2-5-10-24)35-32-30(29)31(26-11-8-12-26)36-40(32)27-13-6-3-7-14-27/h2-7,9-10,13-14,21,25-26H,8,11-12,15-20,22-23H2,1H3,(H,37,41)(H,42,43). The van der Waals surface area contributed by atoms with Crippen molar-refractivity contribution in [2.45, 2.75) is 44.6 Å². The van der Waals surface area contributed by atoms with E-state index in [0.717, 1.165) is 78.1 Å². The van der Waals surface area contributed by atoms with Crippen LogP contribution in [-0.4, -0.2) is 84.3 Å². The summed E-state index contributed by atoms with van der Waals surface area (Å²) in [5.74, 6) is -0.749. The minimum atomic E-state index is -4.21. The molecule has 0 radical (unpaired) electrons. The predicted octanol–water partition coefficient (Wildman–Crippen LogP) is 4.79. The van der Waals surface area contributed by atoms with Gasteiger partial charge in [-0.05, 0) is 55.4 Å². The van der Waals surface area contributed by atoms with E-state index in [1.165, 1.54) is 0 Å². The quantitative estimate of drug-likeness (QED) is 0.219. The maximum Gasteiger partial charge on any atom is 0.407 e. The van der Waals surface area contributed by atoms with E-state index in [4.69, 9.17) is 14.8 Å². The Morgan fingerprint density at radius 1 is 1.02 bits per heavy atom. The number of anilines is 1. The number of aromatic nitrogens is 3. The minimum Gasteiger partial charge on any atom is -0.465 e. The van der Waals surface area contributed by atoms with Gasteiger partial charge in [0.25, 0.3) is 5.91 Å². The molecule has 2 amide bonds. The molecule has 2 aromatic heterocycles. The summed E-state index contributed by atoms with van der Waals surface area (Å²) in [7, 11) is -2.50. The Bertz CT molecular complexity index is 1820. The Morgan fingerprint density at radius 3 is 2.32 bits per heavy atom. The molecule has 13 heteroatoms. The number of carbonyl (C=O) groups is 2. The molecule has 1 saturated carbocycles. The molecule has 2 fully saturated rings. The van der Waals surface area contributed by atoms with Gasteiger partial charge in [0.05, 0.1) is 28.2 Å². The Kier molecular flexibility index (Phi) is 9.73. The van der Waals surface area contributed by atoms with Crippen LogP contribution in [0.5, 0.6) is 0 Å². The first kappa shape index (κ1) is 32.5. The predicted molar refractivity (Wildman–Crippen MR) is 178 cm³/mol. The molecule has 0 unspecified atom stereocenters. The molecule has 0 spiro atoms. The zero-order valence-electron chi connectivity index (χ0n) is 26.4. The summed E-state index contributed by atoms with van der Waals surface area (Å²) in [6.45, 7) is 1.90. The van der Waals surface area contributed by atoms with Crippen LogP contribution in [0.2, 0.25) is 0 Å². The van der Waals surface area contributed by atoms with Crippen molar-refractivity contribution in [1.29, 1.82) is 0 Å². The SMILES string of the molecule is COCC1CCN(c2cc(C(=O)NS(=O)(=O)CCN(Cc3ccccc3)C(=O)O)nc3c2c(C2CCC2)nn3-c2ccccc2)CC1. The van der Waals surface area contributed by atoms with Crippen LogP contribution < -0.4 is 9.62 Å². The Hall–Kier alpha value is -4.49. The number of rotatable bonds is 12. The highest BCUT2D eigenvalue weighted by molar-refractivity contribution is 7.90. The molecule has 4 aromatic rings. The summed E-state index contributed by atoms with van der Waals surface area (Å²) in [5.41, 5.74) is 3.73. The summed E-state index contributed by atoms with van der Waals surface area (Å²) in [6, 6.07) is 20.2. The topological polar surface area (TPSA) is 147 Å². The smallest absolute Gasteiger partial charge is 0.407 e. The van der Waals surface area contributed by atoms with Gasteiger partial charge in [-0.2, -0.15) is 5.10 Å². The Balaban J connectivity index is 1.32. The lowest BCUT2D eigenvalue weighted by Gasteiger charge is -2.34. The molecule has 0 atom stereocenters. The monoisotopic (exact) mass is 660 g/mol. The zero-order valence-corrected chi connectivity index (χ0v) is 27.2. The second-order valence-electron chi connectivity index (χ2n) is 12.3. The van der Waals surface area contributed by atoms with Gasteiger partial charge in [-0.3, -0.25) is 4.79 Å². The molecule has 1 aliphatic heterocycles. The van der Waals surface area contributed by atoms with Gasteiger partial charge in [-0.25, -0.2) is 27.6 Å². The molecule has 3 heterocycles. The van der Waals surface area contributed by atoms with E-state index in [1.54, 1.807) is 42.1 Å². The van der Waals surface area contributed by atoms with E-state index in [9.17, 15) is 23.1 Å². The summed E-state index contributed by atoms with van der Waals surface area (Å²) >= 11 is 0. The van der Waals surface area contributed by atoms with Crippen LogP contribution in [0, 0.1) is 5.92 Å². The van der Waals surface area contributed by atoms with Crippen molar-refractivity contribution in [3.8, 4) is 5.69 Å². The van der Waals surface area contributed by atoms with Crippen molar-refractivity contribution in [3.05, 3.63) is 83.7 Å². The number of benzene rings is 2. The average Bonchev–Trinajstić information content (AvgIpc) is 3.42. The van der Waals surface area contributed by atoms with Gasteiger partial charge in [0.15, 0.2) is 5.65 Å².